The molecule has 0 atom stereocenters. The topological polar surface area (TPSA) is 125 Å². The molecule has 194 valence electrons. The van der Waals surface area contributed by atoms with Gasteiger partial charge in [-0.25, -0.2) is 13.6 Å². The second-order valence-corrected chi connectivity index (χ2v) is 9.62. The third kappa shape index (κ3) is 4.41. The molecule has 3 heterocycles. The lowest BCUT2D eigenvalue weighted by atomic mass is 10.1. The molecule has 0 spiro atoms. The SMILES string of the molecule is CC(=O)Nc1ccc(C(=O)CSc2nnc3n(Cc4ccc(F)cc4)c4c(=O)n(C)c(=O)n(C)c4n23)cc1. The minimum Gasteiger partial charge on any atom is -0.326 e. The lowest BCUT2D eigenvalue weighted by molar-refractivity contribution is -0.114. The zero-order chi connectivity index (χ0) is 27.1. The Hall–Kier alpha value is -4.52. The van der Waals surface area contributed by atoms with E-state index in [1.807, 2.05) is 0 Å². The molecule has 0 radical (unpaired) electrons. The number of rotatable bonds is 7. The predicted molar refractivity (Wildman–Crippen MR) is 140 cm³/mol. The first-order chi connectivity index (χ1) is 18.2. The van der Waals surface area contributed by atoms with E-state index < -0.39 is 11.2 Å². The molecule has 2 aromatic carbocycles. The summed E-state index contributed by atoms with van der Waals surface area (Å²) in [7, 11) is 2.94. The van der Waals surface area contributed by atoms with E-state index in [2.05, 4.69) is 15.5 Å². The van der Waals surface area contributed by atoms with Crippen molar-refractivity contribution in [1.29, 1.82) is 0 Å². The molecular formula is C25H22FN7O4S. The van der Waals surface area contributed by atoms with E-state index in [9.17, 15) is 23.6 Å². The molecular weight excluding hydrogens is 513 g/mol. The average molecular weight is 536 g/mol. The highest BCUT2D eigenvalue weighted by atomic mass is 32.2. The van der Waals surface area contributed by atoms with Crippen molar-refractivity contribution in [3.63, 3.8) is 0 Å². The molecule has 0 bridgehead atoms. The van der Waals surface area contributed by atoms with Crippen LogP contribution in [0.25, 0.3) is 16.9 Å². The first-order valence-corrected chi connectivity index (χ1v) is 12.5. The van der Waals surface area contributed by atoms with E-state index in [1.165, 1.54) is 30.7 Å². The number of hydrogen-bond acceptors (Lipinski definition) is 7. The molecule has 1 amide bonds. The smallest absolute Gasteiger partial charge is 0.326 e. The van der Waals surface area contributed by atoms with Crippen molar-refractivity contribution in [3.05, 3.63) is 86.3 Å². The fourth-order valence-corrected chi connectivity index (χ4v) is 5.02. The normalized spacial score (nSPS) is 11.4. The van der Waals surface area contributed by atoms with Gasteiger partial charge in [0.1, 0.15) is 5.82 Å². The van der Waals surface area contributed by atoms with E-state index in [0.29, 0.717) is 22.2 Å². The van der Waals surface area contributed by atoms with Crippen LogP contribution in [0.3, 0.4) is 0 Å². The number of carbonyl (C=O) groups excluding carboxylic acids is 2. The van der Waals surface area contributed by atoms with E-state index >= 15 is 0 Å². The summed E-state index contributed by atoms with van der Waals surface area (Å²) in [6.45, 7) is 1.58. The summed E-state index contributed by atoms with van der Waals surface area (Å²) in [4.78, 5) is 50.0. The molecule has 11 nitrogen and oxygen atoms in total. The number of imidazole rings is 1. The monoisotopic (exact) mass is 535 g/mol. The molecule has 38 heavy (non-hydrogen) atoms. The number of fused-ring (bicyclic) bond motifs is 3. The third-order valence-electron chi connectivity index (χ3n) is 6.06. The van der Waals surface area contributed by atoms with Gasteiger partial charge in [0.25, 0.3) is 5.56 Å². The molecule has 1 N–H and O–H groups in total. The maximum Gasteiger partial charge on any atom is 0.332 e. The van der Waals surface area contributed by atoms with Gasteiger partial charge < -0.3 is 5.32 Å². The predicted octanol–water partition coefficient (Wildman–Crippen LogP) is 2.20. The number of aromatic nitrogens is 6. The first kappa shape index (κ1) is 25.1. The minimum atomic E-state index is -0.525. The van der Waals surface area contributed by atoms with Gasteiger partial charge in [0.05, 0.1) is 12.3 Å². The molecule has 0 unspecified atom stereocenters. The molecule has 5 rings (SSSR count). The number of anilines is 1. The van der Waals surface area contributed by atoms with Crippen LogP contribution in [0.5, 0.6) is 0 Å². The Kier molecular flexibility index (Phi) is 6.45. The average Bonchev–Trinajstić information content (AvgIpc) is 3.45. The van der Waals surface area contributed by atoms with Crippen LogP contribution in [0.2, 0.25) is 0 Å². The maximum atomic E-state index is 13.5. The largest absolute Gasteiger partial charge is 0.332 e. The van der Waals surface area contributed by atoms with Gasteiger partial charge in [0.2, 0.25) is 11.7 Å². The summed E-state index contributed by atoms with van der Waals surface area (Å²) in [6.07, 6.45) is 0. The van der Waals surface area contributed by atoms with Crippen LogP contribution in [0, 0.1) is 5.82 Å². The standard InChI is InChI=1S/C25H22FN7O4S/c1-14(34)27-18-10-6-16(7-11-18)19(35)13-38-24-29-28-23-32(12-15-4-8-17(26)9-5-15)20-21(33(23)24)30(2)25(37)31(3)22(20)36/h4-11H,12-13H2,1-3H3,(H,27,34). The Morgan fingerprint density at radius 3 is 2.32 bits per heavy atom. The highest BCUT2D eigenvalue weighted by Gasteiger charge is 2.24. The van der Waals surface area contributed by atoms with Gasteiger partial charge in [0, 0.05) is 32.3 Å². The number of thioether (sulfide) groups is 1. The van der Waals surface area contributed by atoms with Gasteiger partial charge in [-0.1, -0.05) is 23.9 Å². The molecule has 0 aliphatic heterocycles. The summed E-state index contributed by atoms with van der Waals surface area (Å²) in [5, 5.41) is 11.5. The van der Waals surface area contributed by atoms with E-state index in [0.717, 1.165) is 21.9 Å². The quantitative estimate of drug-likeness (QED) is 0.250. The molecule has 0 saturated carbocycles. The molecule has 0 aliphatic carbocycles. The van der Waals surface area contributed by atoms with Gasteiger partial charge in [0.15, 0.2) is 22.1 Å². The fourth-order valence-electron chi connectivity index (χ4n) is 4.20. The summed E-state index contributed by atoms with van der Waals surface area (Å²) >= 11 is 1.12. The molecule has 0 aliphatic rings. The zero-order valence-electron chi connectivity index (χ0n) is 20.6. The van der Waals surface area contributed by atoms with Crippen LogP contribution < -0.4 is 16.6 Å². The second-order valence-electron chi connectivity index (χ2n) is 8.68. The lowest BCUT2D eigenvalue weighted by Gasteiger charge is -2.08. The van der Waals surface area contributed by atoms with Gasteiger partial charge in [-0.15, -0.1) is 10.2 Å². The number of amides is 1. The minimum absolute atomic E-state index is 0.0176. The van der Waals surface area contributed by atoms with Crippen LogP contribution in [-0.2, 0) is 25.4 Å². The summed E-state index contributed by atoms with van der Waals surface area (Å²) in [5.41, 5.74) is 1.23. The van der Waals surface area contributed by atoms with Gasteiger partial charge in [-0.05, 0) is 42.0 Å². The zero-order valence-corrected chi connectivity index (χ0v) is 21.5. The van der Waals surface area contributed by atoms with Crippen LogP contribution in [0.4, 0.5) is 10.1 Å². The second kappa shape index (κ2) is 9.74. The first-order valence-electron chi connectivity index (χ1n) is 11.5. The van der Waals surface area contributed by atoms with E-state index in [-0.39, 0.29) is 41.0 Å². The molecule has 0 fully saturated rings. The van der Waals surface area contributed by atoms with Gasteiger partial charge in [-0.3, -0.25) is 28.1 Å². The Morgan fingerprint density at radius 2 is 1.66 bits per heavy atom. The van der Waals surface area contributed by atoms with Crippen molar-refractivity contribution < 1.29 is 14.0 Å². The number of nitrogens with zero attached hydrogens (tertiary/aromatic N) is 6. The third-order valence-corrected chi connectivity index (χ3v) is 6.99. The fraction of sp³-hybridized carbons (Fsp3) is 0.200. The molecule has 3 aromatic heterocycles. The van der Waals surface area contributed by atoms with Crippen molar-refractivity contribution in [2.75, 3.05) is 11.1 Å². The maximum absolute atomic E-state index is 13.5. The van der Waals surface area contributed by atoms with Gasteiger partial charge >= 0.3 is 5.69 Å². The number of benzene rings is 2. The molecule has 5 aromatic rings. The van der Waals surface area contributed by atoms with Crippen molar-refractivity contribution >= 4 is 46.1 Å². The Balaban J connectivity index is 1.55. The number of aryl methyl sites for hydroxylation is 1. The van der Waals surface area contributed by atoms with Crippen LogP contribution >= 0.6 is 11.8 Å². The number of ketones is 1. The van der Waals surface area contributed by atoms with Gasteiger partial charge in [-0.2, -0.15) is 0 Å². The molecule has 0 saturated heterocycles. The Labute approximate surface area is 218 Å². The van der Waals surface area contributed by atoms with Crippen LogP contribution in [0.1, 0.15) is 22.8 Å². The summed E-state index contributed by atoms with van der Waals surface area (Å²) < 4.78 is 19.0. The number of nitrogens with one attached hydrogen (secondary N) is 1. The van der Waals surface area contributed by atoms with Crippen molar-refractivity contribution in [2.24, 2.45) is 14.1 Å². The summed E-state index contributed by atoms with van der Waals surface area (Å²) in [6, 6.07) is 12.4. The Bertz CT molecular complexity index is 1830. The van der Waals surface area contributed by atoms with Crippen LogP contribution in [-0.4, -0.2) is 45.7 Å². The van der Waals surface area contributed by atoms with Crippen molar-refractivity contribution in [1.82, 2.24) is 28.3 Å². The molecule has 13 heteroatoms. The lowest BCUT2D eigenvalue weighted by Crippen LogP contribution is -2.37. The van der Waals surface area contributed by atoms with Crippen molar-refractivity contribution in [3.8, 4) is 0 Å². The van der Waals surface area contributed by atoms with E-state index in [1.54, 1.807) is 52.4 Å². The summed E-state index contributed by atoms with van der Waals surface area (Å²) in [5.74, 6) is -0.453. The van der Waals surface area contributed by atoms with Crippen LogP contribution in [0.15, 0.2) is 63.3 Å². The highest BCUT2D eigenvalue weighted by Crippen LogP contribution is 2.25. The number of Topliss-reactive ketones (excluding diaryl/α,β-unsaturated/α-hetero) is 1. The Morgan fingerprint density at radius 1 is 0.974 bits per heavy atom. The van der Waals surface area contributed by atoms with Crippen molar-refractivity contribution in [2.45, 2.75) is 18.6 Å². The number of carbonyl (C=O) groups is 2. The number of halogens is 1. The van der Waals surface area contributed by atoms with E-state index in [4.69, 9.17) is 0 Å². The highest BCUT2D eigenvalue weighted by molar-refractivity contribution is 7.99. The number of hydrogen-bond donors (Lipinski definition) is 1.